The third-order valence-corrected chi connectivity index (χ3v) is 6.02. The van der Waals surface area contributed by atoms with E-state index in [1.807, 2.05) is 0 Å². The highest BCUT2D eigenvalue weighted by Gasteiger charge is 2.55. The predicted molar refractivity (Wildman–Crippen MR) is 88.1 cm³/mol. The molecule has 1 aliphatic carbocycles. The Morgan fingerprint density at radius 3 is 2.24 bits per heavy atom. The first kappa shape index (κ1) is 15.0. The van der Waals surface area contributed by atoms with Gasteiger partial charge >= 0.3 is 0 Å². The molecule has 1 saturated heterocycles. The van der Waals surface area contributed by atoms with Crippen LogP contribution in [0.15, 0.2) is 30.3 Å². The van der Waals surface area contributed by atoms with E-state index in [4.69, 9.17) is 5.73 Å². The molecular formula is C18H29N3. The summed E-state index contributed by atoms with van der Waals surface area (Å²) in [7, 11) is 0. The van der Waals surface area contributed by atoms with Crippen molar-refractivity contribution < 1.29 is 0 Å². The van der Waals surface area contributed by atoms with Crippen LogP contribution in [0, 0.1) is 5.41 Å². The number of nitrogens with zero attached hydrogens (tertiary/aromatic N) is 2. The van der Waals surface area contributed by atoms with Crippen LogP contribution in [0.2, 0.25) is 0 Å². The number of benzene rings is 1. The molecule has 1 aromatic carbocycles. The highest BCUT2D eigenvalue weighted by Crippen LogP contribution is 2.55. The topological polar surface area (TPSA) is 32.5 Å². The molecule has 1 saturated carbocycles. The fraction of sp³-hybridized carbons (Fsp3) is 0.667. The molecule has 116 valence electrons. The smallest absolute Gasteiger partial charge is 0.0358 e. The van der Waals surface area contributed by atoms with E-state index >= 15 is 0 Å². The van der Waals surface area contributed by atoms with Crippen molar-refractivity contribution in [3.05, 3.63) is 35.9 Å². The van der Waals surface area contributed by atoms with Crippen molar-refractivity contribution in [2.75, 3.05) is 32.7 Å². The van der Waals surface area contributed by atoms with Crippen molar-refractivity contribution >= 4 is 0 Å². The van der Waals surface area contributed by atoms with Gasteiger partial charge in [0.15, 0.2) is 0 Å². The molecule has 1 aliphatic heterocycles. The van der Waals surface area contributed by atoms with Gasteiger partial charge in [-0.05, 0) is 30.7 Å². The normalized spacial score (nSPS) is 25.5. The van der Waals surface area contributed by atoms with Crippen LogP contribution in [-0.4, -0.2) is 48.1 Å². The standard InChI is InChI=1S/C18H29N3/c1-17(8-9-17)18(2,15-19)21-12-10-20(11-13-21)14-16-6-4-3-5-7-16/h3-7H,8-15,19H2,1-2H3. The zero-order valence-corrected chi connectivity index (χ0v) is 13.5. The van der Waals surface area contributed by atoms with Gasteiger partial charge in [0.25, 0.3) is 0 Å². The van der Waals surface area contributed by atoms with Crippen LogP contribution in [0.5, 0.6) is 0 Å². The second kappa shape index (κ2) is 5.71. The van der Waals surface area contributed by atoms with Crippen molar-refractivity contribution in [1.82, 2.24) is 9.80 Å². The maximum Gasteiger partial charge on any atom is 0.0358 e. The van der Waals surface area contributed by atoms with Gasteiger partial charge in [0.1, 0.15) is 0 Å². The summed E-state index contributed by atoms with van der Waals surface area (Å²) in [6.45, 7) is 11.3. The van der Waals surface area contributed by atoms with Crippen LogP contribution in [0.1, 0.15) is 32.3 Å². The van der Waals surface area contributed by atoms with Crippen molar-refractivity contribution in [2.45, 2.75) is 38.8 Å². The molecule has 3 rings (SSSR count). The molecule has 2 N–H and O–H groups in total. The summed E-state index contributed by atoms with van der Waals surface area (Å²) in [6, 6.07) is 10.8. The zero-order valence-electron chi connectivity index (χ0n) is 13.5. The summed E-state index contributed by atoms with van der Waals surface area (Å²) in [4.78, 5) is 5.22. The fourth-order valence-corrected chi connectivity index (χ4v) is 3.72. The van der Waals surface area contributed by atoms with Gasteiger partial charge in [-0.25, -0.2) is 0 Å². The van der Waals surface area contributed by atoms with E-state index in [0.717, 1.165) is 39.3 Å². The highest BCUT2D eigenvalue weighted by atomic mass is 15.3. The van der Waals surface area contributed by atoms with Crippen LogP contribution in [0.3, 0.4) is 0 Å². The van der Waals surface area contributed by atoms with Gasteiger partial charge in [-0.3, -0.25) is 9.80 Å². The summed E-state index contributed by atoms with van der Waals surface area (Å²) in [6.07, 6.45) is 2.68. The Bertz CT molecular complexity index is 461. The maximum atomic E-state index is 6.17. The second-order valence-electron chi connectivity index (χ2n) is 7.29. The summed E-state index contributed by atoms with van der Waals surface area (Å²) >= 11 is 0. The minimum Gasteiger partial charge on any atom is -0.329 e. The molecule has 3 heteroatoms. The van der Waals surface area contributed by atoms with Gasteiger partial charge < -0.3 is 5.73 Å². The lowest BCUT2D eigenvalue weighted by atomic mass is 9.81. The molecule has 0 amide bonds. The Kier molecular flexibility index (Phi) is 4.08. The van der Waals surface area contributed by atoms with E-state index < -0.39 is 0 Å². The quantitative estimate of drug-likeness (QED) is 0.902. The Labute approximate surface area is 129 Å². The number of rotatable bonds is 5. The first-order valence-electron chi connectivity index (χ1n) is 8.29. The average Bonchev–Trinajstić information content (AvgIpc) is 3.28. The van der Waals surface area contributed by atoms with Gasteiger partial charge in [0, 0.05) is 44.8 Å². The highest BCUT2D eigenvalue weighted by molar-refractivity contribution is 5.15. The van der Waals surface area contributed by atoms with E-state index in [-0.39, 0.29) is 5.54 Å². The van der Waals surface area contributed by atoms with Crippen LogP contribution in [0.25, 0.3) is 0 Å². The molecule has 1 unspecified atom stereocenters. The van der Waals surface area contributed by atoms with Crippen LogP contribution in [0.4, 0.5) is 0 Å². The molecule has 1 heterocycles. The van der Waals surface area contributed by atoms with E-state index in [1.165, 1.54) is 18.4 Å². The minimum absolute atomic E-state index is 0.186. The molecular weight excluding hydrogens is 258 g/mol. The van der Waals surface area contributed by atoms with Gasteiger partial charge in [0.2, 0.25) is 0 Å². The molecule has 1 atom stereocenters. The van der Waals surface area contributed by atoms with Crippen LogP contribution in [-0.2, 0) is 6.54 Å². The molecule has 2 aliphatic rings. The maximum absolute atomic E-state index is 6.17. The molecule has 0 bridgehead atoms. The molecule has 0 radical (unpaired) electrons. The number of nitrogens with two attached hydrogens (primary N) is 1. The number of hydrogen-bond acceptors (Lipinski definition) is 3. The molecule has 2 fully saturated rings. The zero-order chi connectivity index (χ0) is 14.9. The largest absolute Gasteiger partial charge is 0.329 e. The summed E-state index contributed by atoms with van der Waals surface area (Å²) in [5, 5.41) is 0. The lowest BCUT2D eigenvalue weighted by Crippen LogP contribution is -2.62. The first-order valence-corrected chi connectivity index (χ1v) is 8.29. The third kappa shape index (κ3) is 2.87. The molecule has 0 spiro atoms. The summed E-state index contributed by atoms with van der Waals surface area (Å²) < 4.78 is 0. The Morgan fingerprint density at radius 2 is 1.71 bits per heavy atom. The Balaban J connectivity index is 1.58. The summed E-state index contributed by atoms with van der Waals surface area (Å²) in [5.41, 5.74) is 8.22. The van der Waals surface area contributed by atoms with Gasteiger partial charge in [-0.1, -0.05) is 37.3 Å². The second-order valence-corrected chi connectivity index (χ2v) is 7.29. The predicted octanol–water partition coefficient (Wildman–Crippen LogP) is 2.32. The average molecular weight is 287 g/mol. The molecule has 21 heavy (non-hydrogen) atoms. The SMILES string of the molecule is CC1(C(C)(CN)N2CCN(Cc3ccccc3)CC2)CC1. The van der Waals surface area contributed by atoms with Crippen molar-refractivity contribution in [3.8, 4) is 0 Å². The number of piperazine rings is 1. The lowest BCUT2D eigenvalue weighted by Gasteiger charge is -2.49. The summed E-state index contributed by atoms with van der Waals surface area (Å²) in [5.74, 6) is 0. The van der Waals surface area contributed by atoms with Crippen molar-refractivity contribution in [3.63, 3.8) is 0 Å². The fourth-order valence-electron chi connectivity index (χ4n) is 3.72. The van der Waals surface area contributed by atoms with E-state index in [1.54, 1.807) is 0 Å². The van der Waals surface area contributed by atoms with Gasteiger partial charge in [-0.2, -0.15) is 0 Å². The van der Waals surface area contributed by atoms with Crippen LogP contribution >= 0.6 is 0 Å². The van der Waals surface area contributed by atoms with Crippen molar-refractivity contribution in [2.24, 2.45) is 11.1 Å². The van der Waals surface area contributed by atoms with E-state index in [9.17, 15) is 0 Å². The molecule has 0 aromatic heterocycles. The van der Waals surface area contributed by atoms with Gasteiger partial charge in [0.05, 0.1) is 0 Å². The van der Waals surface area contributed by atoms with Crippen LogP contribution < -0.4 is 5.73 Å². The Morgan fingerprint density at radius 1 is 1.10 bits per heavy atom. The monoisotopic (exact) mass is 287 g/mol. The molecule has 1 aromatic rings. The first-order chi connectivity index (χ1) is 10.1. The minimum atomic E-state index is 0.186. The van der Waals surface area contributed by atoms with E-state index in [0.29, 0.717) is 5.41 Å². The third-order valence-electron chi connectivity index (χ3n) is 6.02. The Hall–Kier alpha value is -0.900. The van der Waals surface area contributed by atoms with Crippen molar-refractivity contribution in [1.29, 1.82) is 0 Å². The lowest BCUT2D eigenvalue weighted by molar-refractivity contribution is 0.00357. The number of hydrogen-bond donors (Lipinski definition) is 1. The van der Waals surface area contributed by atoms with Gasteiger partial charge in [-0.15, -0.1) is 0 Å². The van der Waals surface area contributed by atoms with E-state index in [2.05, 4.69) is 54.0 Å². The molecule has 3 nitrogen and oxygen atoms in total.